The van der Waals surface area contributed by atoms with Gasteiger partial charge in [-0.1, -0.05) is 48.9 Å². The molecule has 0 aliphatic carbocycles. The van der Waals surface area contributed by atoms with Crippen LogP contribution in [0.25, 0.3) is 0 Å². The summed E-state index contributed by atoms with van der Waals surface area (Å²) in [6.45, 7) is 3.22. The highest BCUT2D eigenvalue weighted by molar-refractivity contribution is 6.31. The predicted molar refractivity (Wildman–Crippen MR) is 100 cm³/mol. The maximum absolute atomic E-state index is 12.7. The van der Waals surface area contributed by atoms with Gasteiger partial charge in [0, 0.05) is 24.5 Å². The molecular weight excluding hydrogens is 336 g/mol. The third-order valence-corrected chi connectivity index (χ3v) is 4.74. The lowest BCUT2D eigenvalue weighted by atomic mass is 10.0. The third kappa shape index (κ3) is 4.02. The first kappa shape index (κ1) is 17.5. The highest BCUT2D eigenvalue weighted by atomic mass is 35.5. The number of benzene rings is 2. The van der Waals surface area contributed by atoms with Crippen molar-refractivity contribution >= 4 is 29.1 Å². The fraction of sp³-hybridized carbons (Fsp3) is 0.300. The monoisotopic (exact) mass is 356 g/mol. The number of carbonyl (C=O) groups is 2. The summed E-state index contributed by atoms with van der Waals surface area (Å²) in [4.78, 5) is 26.4. The van der Waals surface area contributed by atoms with Crippen molar-refractivity contribution in [1.82, 2.24) is 5.32 Å². The van der Waals surface area contributed by atoms with Gasteiger partial charge in [-0.25, -0.2) is 0 Å². The number of halogens is 1. The normalized spacial score (nSPS) is 15.3. The number of nitrogens with one attached hydrogen (secondary N) is 1. The number of anilines is 1. The van der Waals surface area contributed by atoms with Crippen LogP contribution in [-0.2, 0) is 4.79 Å². The van der Waals surface area contributed by atoms with Crippen molar-refractivity contribution in [2.24, 2.45) is 0 Å². The van der Waals surface area contributed by atoms with Gasteiger partial charge in [-0.2, -0.15) is 0 Å². The van der Waals surface area contributed by atoms with Crippen LogP contribution >= 0.6 is 11.6 Å². The molecule has 0 saturated carbocycles. The lowest BCUT2D eigenvalue weighted by Gasteiger charge is -2.20. The summed E-state index contributed by atoms with van der Waals surface area (Å²) in [6.07, 6.45) is 1.32. The molecule has 25 heavy (non-hydrogen) atoms. The molecule has 0 spiro atoms. The summed E-state index contributed by atoms with van der Waals surface area (Å²) in [5.74, 6) is 0.0532. The van der Waals surface area contributed by atoms with E-state index >= 15 is 0 Å². The van der Waals surface area contributed by atoms with Gasteiger partial charge in [0.05, 0.1) is 11.3 Å². The lowest BCUT2D eigenvalue weighted by Crippen LogP contribution is -2.31. The molecule has 0 aromatic heterocycles. The molecule has 2 aromatic rings. The molecule has 2 amide bonds. The standard InChI is InChI=1S/C20H21ClN2O2/c1-14(15-6-3-2-4-7-15)13-22-20(25)17-10-9-16(21)12-18(17)23-11-5-8-19(23)24/h2-4,6-7,9-10,12,14H,5,8,11,13H2,1H3,(H,22,25)/t14-/m0/s1. The Balaban J connectivity index is 1.75. The Bertz CT molecular complexity index is 777. The van der Waals surface area contributed by atoms with Gasteiger partial charge in [0.25, 0.3) is 5.91 Å². The highest BCUT2D eigenvalue weighted by Gasteiger charge is 2.26. The van der Waals surface area contributed by atoms with Crippen LogP contribution in [-0.4, -0.2) is 24.9 Å². The van der Waals surface area contributed by atoms with Gasteiger partial charge >= 0.3 is 0 Å². The van der Waals surface area contributed by atoms with Gasteiger partial charge in [-0.05, 0) is 36.1 Å². The van der Waals surface area contributed by atoms with Crippen LogP contribution in [0.1, 0.15) is 41.6 Å². The quantitative estimate of drug-likeness (QED) is 0.880. The topological polar surface area (TPSA) is 49.4 Å². The zero-order chi connectivity index (χ0) is 17.8. The van der Waals surface area contributed by atoms with E-state index < -0.39 is 0 Å². The second-order valence-corrected chi connectivity index (χ2v) is 6.77. The average molecular weight is 357 g/mol. The second-order valence-electron chi connectivity index (χ2n) is 6.33. The Labute approximate surface area is 152 Å². The van der Waals surface area contributed by atoms with Crippen LogP contribution in [0.4, 0.5) is 5.69 Å². The van der Waals surface area contributed by atoms with Crippen LogP contribution in [0.2, 0.25) is 5.02 Å². The van der Waals surface area contributed by atoms with E-state index in [-0.39, 0.29) is 17.7 Å². The molecule has 3 rings (SSSR count). The molecule has 0 unspecified atom stereocenters. The predicted octanol–water partition coefficient (Wildman–Crippen LogP) is 4.00. The molecule has 1 aliphatic rings. The summed E-state index contributed by atoms with van der Waals surface area (Å²) in [5.41, 5.74) is 2.26. The van der Waals surface area contributed by atoms with Crippen molar-refractivity contribution in [2.45, 2.75) is 25.7 Å². The molecule has 0 radical (unpaired) electrons. The van der Waals surface area contributed by atoms with Gasteiger partial charge in [0.15, 0.2) is 0 Å². The molecule has 2 aromatic carbocycles. The molecule has 4 nitrogen and oxygen atoms in total. The SMILES string of the molecule is C[C@@H](CNC(=O)c1ccc(Cl)cc1N1CCCC1=O)c1ccccc1. The molecule has 130 valence electrons. The minimum absolute atomic E-state index is 0.0361. The van der Waals surface area contributed by atoms with E-state index in [2.05, 4.69) is 12.2 Å². The van der Waals surface area contributed by atoms with Crippen LogP contribution in [0, 0.1) is 0 Å². The number of nitrogens with zero attached hydrogens (tertiary/aromatic N) is 1. The van der Waals surface area contributed by atoms with Crippen molar-refractivity contribution in [1.29, 1.82) is 0 Å². The van der Waals surface area contributed by atoms with Crippen LogP contribution in [0.5, 0.6) is 0 Å². The number of hydrogen-bond donors (Lipinski definition) is 1. The molecule has 1 saturated heterocycles. The van der Waals surface area contributed by atoms with E-state index in [0.717, 1.165) is 6.42 Å². The molecule has 1 N–H and O–H groups in total. The third-order valence-electron chi connectivity index (χ3n) is 4.51. The number of hydrogen-bond acceptors (Lipinski definition) is 2. The van der Waals surface area contributed by atoms with E-state index in [1.807, 2.05) is 30.3 Å². The molecule has 1 aliphatic heterocycles. The zero-order valence-electron chi connectivity index (χ0n) is 14.2. The second kappa shape index (κ2) is 7.70. The van der Waals surface area contributed by atoms with E-state index in [9.17, 15) is 9.59 Å². The molecule has 1 atom stereocenters. The summed E-state index contributed by atoms with van der Waals surface area (Å²) < 4.78 is 0. The minimum atomic E-state index is -0.186. The number of amides is 2. The largest absolute Gasteiger partial charge is 0.351 e. The molecule has 1 heterocycles. The van der Waals surface area contributed by atoms with Gasteiger partial charge in [-0.3, -0.25) is 9.59 Å². The van der Waals surface area contributed by atoms with Crippen LogP contribution in [0.3, 0.4) is 0 Å². The Morgan fingerprint density at radius 3 is 2.68 bits per heavy atom. The van der Waals surface area contributed by atoms with Crippen LogP contribution < -0.4 is 10.2 Å². The van der Waals surface area contributed by atoms with E-state index in [1.54, 1.807) is 23.1 Å². The zero-order valence-corrected chi connectivity index (χ0v) is 14.9. The fourth-order valence-electron chi connectivity index (χ4n) is 3.06. The number of rotatable bonds is 5. The Morgan fingerprint density at radius 1 is 1.24 bits per heavy atom. The molecular formula is C20H21ClN2O2. The first-order chi connectivity index (χ1) is 12.1. The average Bonchev–Trinajstić information content (AvgIpc) is 3.06. The van der Waals surface area contributed by atoms with Gasteiger partial charge < -0.3 is 10.2 Å². The van der Waals surface area contributed by atoms with Crippen molar-refractivity contribution in [3.05, 3.63) is 64.7 Å². The summed E-state index contributed by atoms with van der Waals surface area (Å²) in [6, 6.07) is 15.1. The Kier molecular flexibility index (Phi) is 5.39. The maximum atomic E-state index is 12.7. The van der Waals surface area contributed by atoms with E-state index in [4.69, 9.17) is 11.6 Å². The Hall–Kier alpha value is -2.33. The number of carbonyl (C=O) groups excluding carboxylic acids is 2. The summed E-state index contributed by atoms with van der Waals surface area (Å²) >= 11 is 6.09. The first-order valence-corrected chi connectivity index (χ1v) is 8.87. The van der Waals surface area contributed by atoms with Gasteiger partial charge in [-0.15, -0.1) is 0 Å². The Morgan fingerprint density at radius 2 is 2.00 bits per heavy atom. The van der Waals surface area contributed by atoms with Gasteiger partial charge in [0.1, 0.15) is 0 Å². The minimum Gasteiger partial charge on any atom is -0.351 e. The summed E-state index contributed by atoms with van der Waals surface area (Å²) in [5, 5.41) is 3.49. The van der Waals surface area contributed by atoms with Crippen molar-refractivity contribution in [2.75, 3.05) is 18.0 Å². The lowest BCUT2D eigenvalue weighted by molar-refractivity contribution is -0.117. The van der Waals surface area contributed by atoms with Gasteiger partial charge in [0.2, 0.25) is 5.91 Å². The van der Waals surface area contributed by atoms with Crippen molar-refractivity contribution in [3.8, 4) is 0 Å². The molecule has 0 bridgehead atoms. The molecule has 5 heteroatoms. The van der Waals surface area contributed by atoms with Crippen molar-refractivity contribution < 1.29 is 9.59 Å². The fourth-order valence-corrected chi connectivity index (χ4v) is 3.23. The maximum Gasteiger partial charge on any atom is 0.253 e. The highest BCUT2D eigenvalue weighted by Crippen LogP contribution is 2.28. The first-order valence-electron chi connectivity index (χ1n) is 8.49. The molecule has 1 fully saturated rings. The van der Waals surface area contributed by atoms with E-state index in [1.165, 1.54) is 5.56 Å². The van der Waals surface area contributed by atoms with Crippen molar-refractivity contribution in [3.63, 3.8) is 0 Å². The smallest absolute Gasteiger partial charge is 0.253 e. The summed E-state index contributed by atoms with van der Waals surface area (Å²) in [7, 11) is 0. The van der Waals surface area contributed by atoms with E-state index in [0.29, 0.717) is 35.8 Å². The van der Waals surface area contributed by atoms with Crippen LogP contribution in [0.15, 0.2) is 48.5 Å².